The first-order chi connectivity index (χ1) is 12.5. The molecule has 0 fully saturated rings. The van der Waals surface area contributed by atoms with E-state index in [1.165, 1.54) is 23.5 Å². The van der Waals surface area contributed by atoms with Gasteiger partial charge in [0, 0.05) is 24.7 Å². The van der Waals surface area contributed by atoms with Gasteiger partial charge in [-0.1, -0.05) is 12.1 Å². The van der Waals surface area contributed by atoms with Gasteiger partial charge in [0.05, 0.1) is 17.1 Å². The Morgan fingerprint density at radius 2 is 2.00 bits per heavy atom. The Morgan fingerprint density at radius 1 is 1.23 bits per heavy atom. The normalized spacial score (nSPS) is 11.2. The lowest BCUT2D eigenvalue weighted by atomic mass is 10.2. The van der Waals surface area contributed by atoms with E-state index in [1.54, 1.807) is 36.1 Å². The molecule has 0 saturated heterocycles. The van der Waals surface area contributed by atoms with Crippen molar-refractivity contribution in [2.75, 3.05) is 5.32 Å². The van der Waals surface area contributed by atoms with Gasteiger partial charge in [-0.25, -0.2) is 4.39 Å². The molecular weight excluding hydrogens is 353 g/mol. The smallest absolute Gasteiger partial charge is 0.267 e. The molecule has 6 nitrogen and oxygen atoms in total. The van der Waals surface area contributed by atoms with Crippen LogP contribution in [0.2, 0.25) is 0 Å². The monoisotopic (exact) mass is 369 g/mol. The van der Waals surface area contributed by atoms with Crippen LogP contribution in [0, 0.1) is 12.7 Å². The van der Waals surface area contributed by atoms with Crippen molar-refractivity contribution in [3.63, 3.8) is 0 Å². The molecule has 1 aromatic carbocycles. The zero-order chi connectivity index (χ0) is 18.3. The molecule has 3 heterocycles. The largest absolute Gasteiger partial charge is 0.304 e. The quantitative estimate of drug-likeness (QED) is 0.598. The maximum absolute atomic E-state index is 13.1. The molecule has 0 aliphatic rings. The van der Waals surface area contributed by atoms with Crippen molar-refractivity contribution in [1.29, 1.82) is 0 Å². The van der Waals surface area contributed by atoms with Crippen molar-refractivity contribution in [1.82, 2.24) is 19.6 Å². The standard InChI is InChI=1S/C18H16FN5OS/c1-11-14-9-15(17(25)20-16-7-8-23(2)22-16)26-18(14)24(21-11)10-12-3-5-13(19)6-4-12/h3-9H,10H2,1-2H3,(H,20,22,25). The summed E-state index contributed by atoms with van der Waals surface area (Å²) in [7, 11) is 1.79. The van der Waals surface area contributed by atoms with E-state index in [0.29, 0.717) is 17.2 Å². The van der Waals surface area contributed by atoms with Crippen LogP contribution in [0.15, 0.2) is 42.6 Å². The van der Waals surface area contributed by atoms with E-state index >= 15 is 0 Å². The number of rotatable bonds is 4. The molecule has 0 unspecified atom stereocenters. The second-order valence-electron chi connectivity index (χ2n) is 6.03. The molecule has 0 radical (unpaired) electrons. The van der Waals surface area contributed by atoms with Crippen LogP contribution in [0.4, 0.5) is 10.2 Å². The van der Waals surface area contributed by atoms with E-state index in [4.69, 9.17) is 0 Å². The predicted octanol–water partition coefficient (Wildman–Crippen LogP) is 3.58. The molecule has 3 aromatic heterocycles. The summed E-state index contributed by atoms with van der Waals surface area (Å²) in [6.07, 6.45) is 1.77. The van der Waals surface area contributed by atoms with Gasteiger partial charge in [0.15, 0.2) is 5.82 Å². The number of halogens is 1. The van der Waals surface area contributed by atoms with Gasteiger partial charge >= 0.3 is 0 Å². The third kappa shape index (κ3) is 3.11. The highest BCUT2D eigenvalue weighted by atomic mass is 32.1. The second-order valence-corrected chi connectivity index (χ2v) is 7.06. The van der Waals surface area contributed by atoms with Crippen molar-refractivity contribution >= 4 is 33.3 Å². The average Bonchev–Trinajstić information content (AvgIpc) is 3.28. The zero-order valence-corrected chi connectivity index (χ0v) is 15.0. The van der Waals surface area contributed by atoms with Crippen LogP contribution < -0.4 is 5.32 Å². The van der Waals surface area contributed by atoms with Crippen LogP contribution in [-0.4, -0.2) is 25.5 Å². The van der Waals surface area contributed by atoms with Crippen molar-refractivity contribution in [3.05, 3.63) is 64.5 Å². The van der Waals surface area contributed by atoms with E-state index < -0.39 is 0 Å². The summed E-state index contributed by atoms with van der Waals surface area (Å²) in [6.45, 7) is 2.43. The summed E-state index contributed by atoms with van der Waals surface area (Å²) < 4.78 is 16.6. The van der Waals surface area contributed by atoms with E-state index in [2.05, 4.69) is 15.5 Å². The molecular formula is C18H16FN5OS. The molecule has 4 aromatic rings. The van der Waals surface area contributed by atoms with Crippen molar-refractivity contribution in [2.45, 2.75) is 13.5 Å². The average molecular weight is 369 g/mol. The number of aryl methyl sites for hydroxylation is 2. The molecule has 8 heteroatoms. The minimum atomic E-state index is -0.264. The number of thiophene rings is 1. The number of aromatic nitrogens is 4. The Balaban J connectivity index is 1.62. The minimum Gasteiger partial charge on any atom is -0.304 e. The van der Waals surface area contributed by atoms with Crippen molar-refractivity contribution in [3.8, 4) is 0 Å². The Labute approximate surface area is 152 Å². The third-order valence-corrected chi connectivity index (χ3v) is 5.18. The van der Waals surface area contributed by atoms with Gasteiger partial charge in [0.1, 0.15) is 10.6 Å². The Kier molecular flexibility index (Phi) is 4.04. The fourth-order valence-corrected chi connectivity index (χ4v) is 3.81. The highest BCUT2D eigenvalue weighted by Crippen LogP contribution is 2.29. The summed E-state index contributed by atoms with van der Waals surface area (Å²) >= 11 is 1.38. The number of nitrogens with one attached hydrogen (secondary N) is 1. The van der Waals surface area contributed by atoms with Crippen LogP contribution in [-0.2, 0) is 13.6 Å². The number of nitrogens with zero attached hydrogens (tertiary/aromatic N) is 4. The molecule has 0 saturated carbocycles. The number of hydrogen-bond acceptors (Lipinski definition) is 4. The number of carbonyl (C=O) groups is 1. The number of anilines is 1. The number of fused-ring (bicyclic) bond motifs is 1. The molecule has 0 aliphatic heterocycles. The summed E-state index contributed by atoms with van der Waals surface area (Å²) in [5.41, 5.74) is 1.80. The van der Waals surface area contributed by atoms with Gasteiger partial charge in [-0.05, 0) is 30.7 Å². The lowest BCUT2D eigenvalue weighted by Gasteiger charge is -2.03. The Bertz CT molecular complexity index is 1090. The molecule has 132 valence electrons. The molecule has 4 rings (SSSR count). The Hall–Kier alpha value is -3.00. The third-order valence-electron chi connectivity index (χ3n) is 4.03. The lowest BCUT2D eigenvalue weighted by molar-refractivity contribution is 0.103. The fraction of sp³-hybridized carbons (Fsp3) is 0.167. The molecule has 0 spiro atoms. The Morgan fingerprint density at radius 3 is 2.69 bits per heavy atom. The first-order valence-electron chi connectivity index (χ1n) is 8.02. The molecule has 0 aliphatic carbocycles. The molecule has 0 bridgehead atoms. The van der Waals surface area contributed by atoms with Crippen LogP contribution in [0.5, 0.6) is 0 Å². The van der Waals surface area contributed by atoms with Crippen molar-refractivity contribution in [2.24, 2.45) is 7.05 Å². The summed E-state index contributed by atoms with van der Waals surface area (Å²) in [5.74, 6) is 0.0531. The van der Waals surface area contributed by atoms with Crippen LogP contribution in [0.25, 0.3) is 10.2 Å². The predicted molar refractivity (Wildman–Crippen MR) is 99.0 cm³/mol. The summed E-state index contributed by atoms with van der Waals surface area (Å²) in [5, 5.41) is 12.4. The van der Waals surface area contributed by atoms with Crippen LogP contribution in [0.1, 0.15) is 20.9 Å². The second kappa shape index (κ2) is 6.38. The molecule has 0 atom stereocenters. The van der Waals surface area contributed by atoms with E-state index in [1.807, 2.05) is 17.7 Å². The van der Waals surface area contributed by atoms with Crippen LogP contribution in [0.3, 0.4) is 0 Å². The SMILES string of the molecule is Cc1nn(Cc2ccc(F)cc2)c2sc(C(=O)Nc3ccn(C)n3)cc12. The first kappa shape index (κ1) is 16.5. The van der Waals surface area contributed by atoms with Gasteiger partial charge < -0.3 is 5.32 Å². The maximum Gasteiger partial charge on any atom is 0.267 e. The minimum absolute atomic E-state index is 0.197. The maximum atomic E-state index is 13.1. The first-order valence-corrected chi connectivity index (χ1v) is 8.83. The molecule has 26 heavy (non-hydrogen) atoms. The van der Waals surface area contributed by atoms with Gasteiger partial charge in [0.25, 0.3) is 5.91 Å². The van der Waals surface area contributed by atoms with Gasteiger partial charge in [-0.15, -0.1) is 11.3 Å². The number of carbonyl (C=O) groups excluding carboxylic acids is 1. The lowest BCUT2D eigenvalue weighted by Crippen LogP contribution is -2.11. The zero-order valence-electron chi connectivity index (χ0n) is 14.2. The highest BCUT2D eigenvalue weighted by molar-refractivity contribution is 7.20. The topological polar surface area (TPSA) is 64.7 Å². The fourth-order valence-electron chi connectivity index (χ4n) is 2.75. The summed E-state index contributed by atoms with van der Waals surface area (Å²) in [6, 6.07) is 9.93. The summed E-state index contributed by atoms with van der Waals surface area (Å²) in [4.78, 5) is 14.0. The van der Waals surface area contributed by atoms with Gasteiger partial charge in [-0.2, -0.15) is 10.2 Å². The number of hydrogen-bond donors (Lipinski definition) is 1. The van der Waals surface area contributed by atoms with Crippen molar-refractivity contribution < 1.29 is 9.18 Å². The molecule has 1 N–H and O–H groups in total. The van der Waals surface area contributed by atoms with E-state index in [0.717, 1.165) is 21.5 Å². The van der Waals surface area contributed by atoms with E-state index in [-0.39, 0.29) is 11.7 Å². The number of amides is 1. The van der Waals surface area contributed by atoms with Gasteiger partial charge in [0.2, 0.25) is 0 Å². The highest BCUT2D eigenvalue weighted by Gasteiger charge is 2.17. The number of benzene rings is 1. The van der Waals surface area contributed by atoms with Gasteiger partial charge in [-0.3, -0.25) is 14.2 Å². The van der Waals surface area contributed by atoms with E-state index in [9.17, 15) is 9.18 Å². The van der Waals surface area contributed by atoms with Crippen LogP contribution >= 0.6 is 11.3 Å². The molecule has 1 amide bonds.